The van der Waals surface area contributed by atoms with Crippen LogP contribution in [0.1, 0.15) is 20.1 Å². The number of aryl methyl sites for hydroxylation is 1. The van der Waals surface area contributed by atoms with E-state index in [0.717, 1.165) is 16.9 Å². The molecule has 1 amide bonds. The number of carbonyl (C=O) groups excluding carboxylic acids is 1. The average molecular weight is 288 g/mol. The average Bonchev–Trinajstić information content (AvgIpc) is 3.03. The Hall–Kier alpha value is -2.21. The lowest BCUT2D eigenvalue weighted by atomic mass is 10.1. The van der Waals surface area contributed by atoms with Gasteiger partial charge in [-0.05, 0) is 31.0 Å². The Labute approximate surface area is 119 Å². The zero-order valence-electron chi connectivity index (χ0n) is 10.8. The first-order valence-corrected chi connectivity index (χ1v) is 7.03. The summed E-state index contributed by atoms with van der Waals surface area (Å²) in [5.41, 5.74) is 1.67. The van der Waals surface area contributed by atoms with E-state index in [4.69, 9.17) is 0 Å². The number of thiophene rings is 1. The third-order valence-corrected chi connectivity index (χ3v) is 4.36. The van der Waals surface area contributed by atoms with Gasteiger partial charge in [-0.25, -0.2) is 0 Å². The molecule has 2 heterocycles. The number of anilines is 1. The fourth-order valence-electron chi connectivity index (χ4n) is 2.37. The second kappa shape index (κ2) is 4.72. The van der Waals surface area contributed by atoms with E-state index < -0.39 is 4.92 Å². The maximum absolute atomic E-state index is 12.5. The molecule has 0 radical (unpaired) electrons. The number of hydrogen-bond acceptors (Lipinski definition) is 4. The van der Waals surface area contributed by atoms with Crippen molar-refractivity contribution in [3.8, 4) is 0 Å². The molecule has 0 fully saturated rings. The highest BCUT2D eigenvalue weighted by atomic mass is 32.1. The van der Waals surface area contributed by atoms with E-state index in [0.29, 0.717) is 17.1 Å². The van der Waals surface area contributed by atoms with Gasteiger partial charge in [-0.3, -0.25) is 14.9 Å². The zero-order chi connectivity index (χ0) is 14.3. The number of carbonyl (C=O) groups is 1. The number of benzene rings is 1. The van der Waals surface area contributed by atoms with Gasteiger partial charge in [0.1, 0.15) is 0 Å². The molecule has 0 bridgehead atoms. The van der Waals surface area contributed by atoms with Crippen LogP contribution >= 0.6 is 11.3 Å². The Bertz CT molecular complexity index is 708. The van der Waals surface area contributed by atoms with Crippen molar-refractivity contribution in [2.45, 2.75) is 13.3 Å². The van der Waals surface area contributed by atoms with Crippen molar-refractivity contribution >= 4 is 28.6 Å². The first-order valence-electron chi connectivity index (χ1n) is 6.22. The maximum atomic E-state index is 12.5. The van der Waals surface area contributed by atoms with Gasteiger partial charge in [0.25, 0.3) is 11.6 Å². The minimum absolute atomic E-state index is 0.0193. The lowest BCUT2D eigenvalue weighted by Gasteiger charge is -2.16. The lowest BCUT2D eigenvalue weighted by molar-refractivity contribution is -0.384. The molecule has 1 aliphatic heterocycles. The van der Waals surface area contributed by atoms with Gasteiger partial charge < -0.3 is 4.90 Å². The Kier molecular flexibility index (Phi) is 3.02. The molecule has 6 heteroatoms. The van der Waals surface area contributed by atoms with Gasteiger partial charge in [0.2, 0.25) is 0 Å². The van der Waals surface area contributed by atoms with Crippen LogP contribution in [0.5, 0.6) is 0 Å². The van der Waals surface area contributed by atoms with Gasteiger partial charge in [0, 0.05) is 23.6 Å². The first kappa shape index (κ1) is 12.8. The standard InChI is InChI=1S/C14H12N2O3S/c1-9-2-5-13(20-9)14(17)15-7-6-10-3-4-11(16(18)19)8-12(10)15/h2-5,8H,6-7H2,1H3. The Balaban J connectivity index is 1.97. The molecule has 0 saturated carbocycles. The number of nitro benzene ring substituents is 1. The normalized spacial score (nSPS) is 13.3. The van der Waals surface area contributed by atoms with E-state index in [1.807, 2.05) is 13.0 Å². The molecular weight excluding hydrogens is 276 g/mol. The maximum Gasteiger partial charge on any atom is 0.271 e. The number of amides is 1. The van der Waals surface area contributed by atoms with E-state index >= 15 is 0 Å². The van der Waals surface area contributed by atoms with Crippen LogP contribution in [0.2, 0.25) is 0 Å². The number of nitrogens with zero attached hydrogens (tertiary/aromatic N) is 2. The molecule has 0 unspecified atom stereocenters. The molecule has 1 aromatic carbocycles. The second-order valence-corrected chi connectivity index (χ2v) is 5.98. The molecule has 3 rings (SSSR count). The largest absolute Gasteiger partial charge is 0.307 e. The summed E-state index contributed by atoms with van der Waals surface area (Å²) < 4.78 is 0. The fraction of sp³-hybridized carbons (Fsp3) is 0.214. The van der Waals surface area contributed by atoms with Gasteiger partial charge in [-0.15, -0.1) is 11.3 Å². The molecule has 1 aliphatic rings. The van der Waals surface area contributed by atoms with Gasteiger partial charge in [0.05, 0.1) is 15.5 Å². The molecule has 0 spiro atoms. The van der Waals surface area contributed by atoms with Gasteiger partial charge in [-0.1, -0.05) is 6.07 Å². The predicted octanol–water partition coefficient (Wildman–Crippen LogP) is 3.17. The predicted molar refractivity (Wildman–Crippen MR) is 77.5 cm³/mol. The molecule has 0 N–H and O–H groups in total. The monoisotopic (exact) mass is 288 g/mol. The van der Waals surface area contributed by atoms with E-state index in [9.17, 15) is 14.9 Å². The first-order chi connectivity index (χ1) is 9.56. The summed E-state index contributed by atoms with van der Waals surface area (Å²) in [7, 11) is 0. The number of fused-ring (bicyclic) bond motifs is 1. The Morgan fingerprint density at radius 3 is 2.80 bits per heavy atom. The summed E-state index contributed by atoms with van der Waals surface area (Å²) in [6, 6.07) is 8.42. The van der Waals surface area contributed by atoms with Crippen molar-refractivity contribution in [1.82, 2.24) is 0 Å². The van der Waals surface area contributed by atoms with Crippen molar-refractivity contribution < 1.29 is 9.72 Å². The highest BCUT2D eigenvalue weighted by Crippen LogP contribution is 2.33. The van der Waals surface area contributed by atoms with Crippen molar-refractivity contribution in [1.29, 1.82) is 0 Å². The van der Waals surface area contributed by atoms with Gasteiger partial charge in [-0.2, -0.15) is 0 Å². The van der Waals surface area contributed by atoms with Gasteiger partial charge >= 0.3 is 0 Å². The quantitative estimate of drug-likeness (QED) is 0.630. The van der Waals surface area contributed by atoms with Crippen LogP contribution in [0.4, 0.5) is 11.4 Å². The summed E-state index contributed by atoms with van der Waals surface area (Å²) in [5.74, 6) is -0.0812. The number of hydrogen-bond donors (Lipinski definition) is 0. The lowest BCUT2D eigenvalue weighted by Crippen LogP contribution is -2.28. The minimum Gasteiger partial charge on any atom is -0.307 e. The molecule has 0 aliphatic carbocycles. The SMILES string of the molecule is Cc1ccc(C(=O)N2CCc3ccc([N+](=O)[O-])cc32)s1. The third kappa shape index (κ3) is 2.08. The molecule has 0 atom stereocenters. The van der Waals surface area contributed by atoms with E-state index in [-0.39, 0.29) is 11.6 Å². The molecule has 0 saturated heterocycles. The fourth-order valence-corrected chi connectivity index (χ4v) is 3.19. The van der Waals surface area contributed by atoms with Crippen molar-refractivity contribution in [3.05, 3.63) is 55.8 Å². The summed E-state index contributed by atoms with van der Waals surface area (Å²) in [4.78, 5) is 26.3. The molecule has 20 heavy (non-hydrogen) atoms. The van der Waals surface area contributed by atoms with E-state index in [2.05, 4.69) is 0 Å². The number of rotatable bonds is 2. The molecular formula is C14H12N2O3S. The van der Waals surface area contributed by atoms with Crippen LogP contribution in [0, 0.1) is 17.0 Å². The van der Waals surface area contributed by atoms with Crippen molar-refractivity contribution in [2.75, 3.05) is 11.4 Å². The Morgan fingerprint density at radius 2 is 2.15 bits per heavy atom. The summed E-state index contributed by atoms with van der Waals surface area (Å²) >= 11 is 1.44. The molecule has 102 valence electrons. The smallest absolute Gasteiger partial charge is 0.271 e. The van der Waals surface area contributed by atoms with Crippen LogP contribution < -0.4 is 4.90 Å². The van der Waals surface area contributed by atoms with Crippen LogP contribution in [-0.2, 0) is 6.42 Å². The number of nitro groups is 1. The highest BCUT2D eigenvalue weighted by Gasteiger charge is 2.28. The third-order valence-electron chi connectivity index (χ3n) is 3.37. The summed E-state index contributed by atoms with van der Waals surface area (Å²) in [6.45, 7) is 2.52. The number of non-ortho nitro benzene ring substituents is 1. The summed E-state index contributed by atoms with van der Waals surface area (Å²) in [6.07, 6.45) is 0.740. The van der Waals surface area contributed by atoms with Crippen LogP contribution in [0.3, 0.4) is 0 Å². The molecule has 1 aromatic heterocycles. The van der Waals surface area contributed by atoms with E-state index in [1.165, 1.54) is 23.5 Å². The summed E-state index contributed by atoms with van der Waals surface area (Å²) in [5, 5.41) is 10.9. The van der Waals surface area contributed by atoms with Crippen molar-refractivity contribution in [2.24, 2.45) is 0 Å². The topological polar surface area (TPSA) is 63.5 Å². The zero-order valence-corrected chi connectivity index (χ0v) is 11.6. The highest BCUT2D eigenvalue weighted by molar-refractivity contribution is 7.14. The van der Waals surface area contributed by atoms with Crippen LogP contribution in [0.25, 0.3) is 0 Å². The van der Waals surface area contributed by atoms with Crippen molar-refractivity contribution in [3.63, 3.8) is 0 Å². The second-order valence-electron chi connectivity index (χ2n) is 4.69. The van der Waals surface area contributed by atoms with Gasteiger partial charge in [0.15, 0.2) is 0 Å². The minimum atomic E-state index is -0.434. The Morgan fingerprint density at radius 1 is 1.35 bits per heavy atom. The molecule has 5 nitrogen and oxygen atoms in total. The van der Waals surface area contributed by atoms with Crippen LogP contribution in [-0.4, -0.2) is 17.4 Å². The van der Waals surface area contributed by atoms with E-state index in [1.54, 1.807) is 17.0 Å². The molecule has 2 aromatic rings. The van der Waals surface area contributed by atoms with Crippen LogP contribution in [0.15, 0.2) is 30.3 Å².